The summed E-state index contributed by atoms with van der Waals surface area (Å²) in [5.41, 5.74) is 19.6. The molecule has 0 spiro atoms. The number of halogens is 4. The van der Waals surface area contributed by atoms with Gasteiger partial charge in [0.1, 0.15) is 27.2 Å². The van der Waals surface area contributed by atoms with E-state index < -0.39 is 16.1 Å². The third-order valence-electron chi connectivity index (χ3n) is 11.0. The van der Waals surface area contributed by atoms with Crippen LogP contribution in [0.3, 0.4) is 0 Å². The smallest absolute Gasteiger partial charge is 0.146 e. The molecule has 0 saturated carbocycles. The summed E-state index contributed by atoms with van der Waals surface area (Å²) in [7, 11) is -4.20. The van der Waals surface area contributed by atoms with Crippen LogP contribution in [0.2, 0.25) is 33.2 Å². The predicted molar refractivity (Wildman–Crippen MR) is 237 cm³/mol. The van der Waals surface area contributed by atoms with Gasteiger partial charge in [-0.3, -0.25) is 0 Å². The molecule has 4 nitrogen and oxygen atoms in total. The van der Waals surface area contributed by atoms with Crippen molar-refractivity contribution in [1.82, 2.24) is 9.97 Å². The fraction of sp³-hybridized carbons (Fsp3) is 0.450. The first-order chi connectivity index (χ1) is 23.4. The minimum absolute atomic E-state index is 0.490. The third kappa shape index (κ3) is 6.80. The van der Waals surface area contributed by atoms with Gasteiger partial charge in [-0.05, 0) is 121 Å². The summed E-state index contributed by atoms with van der Waals surface area (Å²) < 4.78 is 3.80. The highest BCUT2D eigenvalue weighted by atomic mass is 79.9. The normalized spacial score (nSPS) is 13.1. The first kappa shape index (κ1) is 39.5. The van der Waals surface area contributed by atoms with E-state index in [1.54, 1.807) is 0 Å². The fourth-order valence-electron chi connectivity index (χ4n) is 8.61. The van der Waals surface area contributed by atoms with Crippen LogP contribution in [0.25, 0.3) is 22.1 Å². The van der Waals surface area contributed by atoms with E-state index >= 15 is 0 Å². The molecule has 3 aromatic carbocycles. The first-order valence-corrected chi connectivity index (χ1v) is 25.3. The summed E-state index contributed by atoms with van der Waals surface area (Å²) in [5.74, 6) is 7.66. The van der Waals surface area contributed by atoms with Crippen molar-refractivity contribution in [2.24, 2.45) is 0 Å². The van der Waals surface area contributed by atoms with Crippen LogP contribution in [0.4, 0.5) is 22.7 Å². The maximum absolute atomic E-state index is 5.38. The Morgan fingerprint density at radius 3 is 1.04 bits per heavy atom. The van der Waals surface area contributed by atoms with Gasteiger partial charge in [0.15, 0.2) is 0 Å². The summed E-state index contributed by atoms with van der Waals surface area (Å²) in [4.78, 5) is 10.8. The van der Waals surface area contributed by atoms with E-state index in [2.05, 4.69) is 192 Å². The minimum atomic E-state index is -2.10. The molecule has 0 fully saturated rings. The Bertz CT molecular complexity index is 1920. The third-order valence-corrected chi connectivity index (χ3v) is 27.3. The van der Waals surface area contributed by atoms with Gasteiger partial charge in [-0.15, -0.1) is 11.1 Å². The molecule has 2 heterocycles. The summed E-state index contributed by atoms with van der Waals surface area (Å²) in [6.07, 6.45) is 0. The van der Waals surface area contributed by atoms with Crippen molar-refractivity contribution in [2.45, 2.75) is 116 Å². The van der Waals surface area contributed by atoms with Gasteiger partial charge in [0.2, 0.25) is 0 Å². The number of rotatable bonds is 6. The van der Waals surface area contributed by atoms with Crippen LogP contribution in [-0.4, -0.2) is 26.1 Å². The molecule has 1 aromatic heterocycles. The summed E-state index contributed by atoms with van der Waals surface area (Å²) in [6.45, 7) is 28.3. The molecule has 1 aliphatic heterocycles. The molecule has 0 saturated heterocycles. The van der Waals surface area contributed by atoms with Crippen LogP contribution in [-0.2, 0) is 0 Å². The quantitative estimate of drug-likeness (QED) is 0.101. The van der Waals surface area contributed by atoms with Crippen molar-refractivity contribution in [3.8, 4) is 22.9 Å². The van der Waals surface area contributed by atoms with E-state index in [9.17, 15) is 0 Å². The largest absolute Gasteiger partial charge is 0.351 e. The van der Waals surface area contributed by atoms with Crippen molar-refractivity contribution in [2.75, 3.05) is 10.6 Å². The monoisotopic (exact) mass is 956 g/mol. The SMILES string of the molecule is CC(C)[Si](C#Cc1c2c(c(C#C[Si](C(C)C)(C(C)C)C(C)C)c3nc4cc(Br)c(Br)cc4nc13)Nc1cc(Br)c(Br)cc1N2)(C(C)C)C(C)C. The lowest BCUT2D eigenvalue weighted by molar-refractivity contribution is 0.838. The van der Waals surface area contributed by atoms with Crippen LogP contribution in [0.5, 0.6) is 0 Å². The second kappa shape index (κ2) is 15.0. The number of hydrogen-bond donors (Lipinski definition) is 2. The molecule has 0 radical (unpaired) electrons. The van der Waals surface area contributed by atoms with Crippen LogP contribution in [0.15, 0.2) is 42.2 Å². The Balaban J connectivity index is 2.00. The highest BCUT2D eigenvalue weighted by molar-refractivity contribution is 9.13. The molecular weight excluding hydrogens is 912 g/mol. The fourth-order valence-corrected chi connectivity index (χ4v) is 20.4. The van der Waals surface area contributed by atoms with Gasteiger partial charge >= 0.3 is 0 Å². The van der Waals surface area contributed by atoms with E-state index in [-0.39, 0.29) is 0 Å². The second-order valence-corrected chi connectivity index (χ2v) is 30.1. The molecule has 0 bridgehead atoms. The van der Waals surface area contributed by atoms with E-state index in [4.69, 9.17) is 9.97 Å². The lowest BCUT2D eigenvalue weighted by Crippen LogP contribution is -2.43. The minimum Gasteiger partial charge on any atom is -0.351 e. The zero-order valence-corrected chi connectivity index (χ0v) is 39.5. The molecule has 2 N–H and O–H groups in total. The lowest BCUT2D eigenvalue weighted by atomic mass is 9.99. The van der Waals surface area contributed by atoms with Crippen LogP contribution < -0.4 is 10.6 Å². The topological polar surface area (TPSA) is 49.8 Å². The van der Waals surface area contributed by atoms with Gasteiger partial charge in [0, 0.05) is 17.9 Å². The van der Waals surface area contributed by atoms with E-state index in [1.165, 1.54) is 0 Å². The van der Waals surface area contributed by atoms with Crippen LogP contribution in [0, 0.1) is 22.9 Å². The van der Waals surface area contributed by atoms with Crippen molar-refractivity contribution >= 4 is 125 Å². The number of hydrogen-bond acceptors (Lipinski definition) is 4. The van der Waals surface area contributed by atoms with Crippen LogP contribution in [0.1, 0.15) is 94.2 Å². The lowest BCUT2D eigenvalue weighted by Gasteiger charge is -2.38. The van der Waals surface area contributed by atoms with Crippen molar-refractivity contribution < 1.29 is 0 Å². The Morgan fingerprint density at radius 2 is 0.760 bits per heavy atom. The molecule has 4 aromatic rings. The van der Waals surface area contributed by atoms with E-state index in [1.807, 2.05) is 12.1 Å². The van der Waals surface area contributed by atoms with Gasteiger partial charge in [0.25, 0.3) is 0 Å². The van der Waals surface area contributed by atoms with Gasteiger partial charge < -0.3 is 10.6 Å². The molecule has 50 heavy (non-hydrogen) atoms. The average molecular weight is 961 g/mol. The molecule has 1 aliphatic rings. The van der Waals surface area contributed by atoms with Gasteiger partial charge in [-0.25, -0.2) is 9.97 Å². The molecule has 0 amide bonds. The molecule has 5 rings (SSSR count). The summed E-state index contributed by atoms with van der Waals surface area (Å²) >= 11 is 14.9. The molecule has 10 heteroatoms. The summed E-state index contributed by atoms with van der Waals surface area (Å²) in [6, 6.07) is 8.28. The van der Waals surface area contributed by atoms with Gasteiger partial charge in [0.05, 0.1) is 44.9 Å². The van der Waals surface area contributed by atoms with Crippen molar-refractivity contribution in [3.05, 3.63) is 53.3 Å². The maximum Gasteiger partial charge on any atom is 0.146 e. The number of aromatic nitrogens is 2. The number of anilines is 4. The number of fused-ring (bicyclic) bond motifs is 4. The zero-order valence-electron chi connectivity index (χ0n) is 31.2. The molecule has 264 valence electrons. The van der Waals surface area contributed by atoms with E-state index in [0.717, 1.165) is 73.8 Å². The first-order valence-electron chi connectivity index (χ1n) is 17.6. The second-order valence-electron chi connectivity index (χ2n) is 15.5. The molecule has 0 unspecified atom stereocenters. The van der Waals surface area contributed by atoms with Crippen molar-refractivity contribution in [3.63, 3.8) is 0 Å². The highest BCUT2D eigenvalue weighted by Crippen LogP contribution is 2.49. The molecule has 0 aliphatic carbocycles. The highest BCUT2D eigenvalue weighted by Gasteiger charge is 2.43. The summed E-state index contributed by atoms with van der Waals surface area (Å²) in [5, 5.41) is 7.65. The Kier molecular flexibility index (Phi) is 11.9. The number of nitrogens with zero attached hydrogens (tertiary/aromatic N) is 2. The number of nitrogens with one attached hydrogen (secondary N) is 2. The van der Waals surface area contributed by atoms with Crippen LogP contribution >= 0.6 is 63.7 Å². The average Bonchev–Trinajstić information content (AvgIpc) is 3.01. The van der Waals surface area contributed by atoms with Gasteiger partial charge in [-0.1, -0.05) is 94.9 Å². The zero-order chi connectivity index (χ0) is 37.0. The molecule has 0 atom stereocenters. The Labute approximate surface area is 335 Å². The Morgan fingerprint density at radius 1 is 0.480 bits per heavy atom. The molecular formula is C40H48Br4N4Si2. The maximum atomic E-state index is 5.38. The number of benzene rings is 3. The standard InChI is InChI=1S/C40H48Br4N4Si2/c1-21(2)49(22(3)4,23(5)6)15-13-27-37-39(47-35-19-31(43)29(41)17-33(35)45-37)28(14-16-50(24(7)8,25(9)10)26(11)12)40-38(27)46-34-18-30(42)32(44)20-36(34)48-40/h17-26,45,47H,1-12H3. The van der Waals surface area contributed by atoms with Crippen molar-refractivity contribution in [1.29, 1.82) is 0 Å². The predicted octanol–water partition coefficient (Wildman–Crippen LogP) is 14.8. The van der Waals surface area contributed by atoms with Gasteiger partial charge in [-0.2, -0.15) is 0 Å². The van der Waals surface area contributed by atoms with E-state index in [0.29, 0.717) is 33.2 Å². The Hall–Kier alpha value is -1.67.